The number of esters is 1. The molecule has 1 aliphatic carbocycles. The van der Waals surface area contributed by atoms with E-state index in [4.69, 9.17) is 9.47 Å². The monoisotopic (exact) mass is 271 g/mol. The zero-order valence-corrected chi connectivity index (χ0v) is 12.3. The van der Waals surface area contributed by atoms with Crippen molar-refractivity contribution in [3.8, 4) is 0 Å². The third-order valence-corrected chi connectivity index (χ3v) is 2.98. The number of carbonyl (C=O) groups is 2. The summed E-state index contributed by atoms with van der Waals surface area (Å²) in [6, 6.07) is -0.140. The van der Waals surface area contributed by atoms with Crippen LogP contribution in [-0.4, -0.2) is 29.8 Å². The molecule has 1 amide bonds. The molecule has 19 heavy (non-hydrogen) atoms. The molecular formula is C14H25NO4. The summed E-state index contributed by atoms with van der Waals surface area (Å²) in [5.41, 5.74) is -0.520. The van der Waals surface area contributed by atoms with Gasteiger partial charge in [-0.3, -0.25) is 4.79 Å². The van der Waals surface area contributed by atoms with Gasteiger partial charge in [0.1, 0.15) is 11.7 Å². The van der Waals surface area contributed by atoms with Crippen molar-refractivity contribution in [1.29, 1.82) is 0 Å². The highest BCUT2D eigenvalue weighted by Gasteiger charge is 2.30. The third kappa shape index (κ3) is 5.94. The molecule has 1 rings (SSSR count). The molecule has 0 heterocycles. The predicted octanol–water partition coefficient (Wildman–Crippen LogP) is 2.78. The lowest BCUT2D eigenvalue weighted by Gasteiger charge is -2.32. The Morgan fingerprint density at radius 2 is 1.84 bits per heavy atom. The highest BCUT2D eigenvalue weighted by molar-refractivity contribution is 5.70. The second-order valence-corrected chi connectivity index (χ2v) is 5.92. The van der Waals surface area contributed by atoms with E-state index in [1.807, 2.05) is 20.8 Å². The van der Waals surface area contributed by atoms with Gasteiger partial charge in [-0.15, -0.1) is 0 Å². The van der Waals surface area contributed by atoms with E-state index in [0.717, 1.165) is 25.7 Å². The van der Waals surface area contributed by atoms with Crippen molar-refractivity contribution in [3.05, 3.63) is 0 Å². The zero-order chi connectivity index (χ0) is 14.5. The molecule has 1 saturated carbocycles. The average molecular weight is 271 g/mol. The molecule has 110 valence electrons. The number of carbonyl (C=O) groups excluding carboxylic acids is 2. The van der Waals surface area contributed by atoms with E-state index in [-0.39, 0.29) is 18.1 Å². The van der Waals surface area contributed by atoms with Crippen LogP contribution in [0.15, 0.2) is 0 Å². The molecule has 0 aromatic rings. The number of ether oxygens (including phenoxy) is 2. The summed E-state index contributed by atoms with van der Waals surface area (Å²) in [7, 11) is 0. The zero-order valence-electron chi connectivity index (χ0n) is 12.3. The van der Waals surface area contributed by atoms with Gasteiger partial charge in [-0.25, -0.2) is 4.79 Å². The van der Waals surface area contributed by atoms with E-state index < -0.39 is 11.7 Å². The molecule has 1 fully saturated rings. The largest absolute Gasteiger partial charge is 0.460 e. The van der Waals surface area contributed by atoms with E-state index >= 15 is 0 Å². The Balaban J connectivity index is 2.52. The highest BCUT2D eigenvalue weighted by atomic mass is 16.6. The van der Waals surface area contributed by atoms with Gasteiger partial charge in [-0.05, 0) is 40.0 Å². The van der Waals surface area contributed by atoms with Crippen LogP contribution in [0, 0.1) is 0 Å². The summed E-state index contributed by atoms with van der Waals surface area (Å²) in [5, 5.41) is 2.82. The van der Waals surface area contributed by atoms with Crippen LogP contribution in [0.1, 0.15) is 59.8 Å². The fourth-order valence-corrected chi connectivity index (χ4v) is 2.11. The van der Waals surface area contributed by atoms with E-state index in [0.29, 0.717) is 6.42 Å². The normalized spacial score (nSPS) is 23.6. The topological polar surface area (TPSA) is 64.6 Å². The Bertz CT molecular complexity index is 322. The minimum atomic E-state index is -0.520. The van der Waals surface area contributed by atoms with Gasteiger partial charge in [0.15, 0.2) is 0 Å². The average Bonchev–Trinajstić information content (AvgIpc) is 2.29. The molecule has 5 heteroatoms. The maximum Gasteiger partial charge on any atom is 0.408 e. The molecular weight excluding hydrogens is 246 g/mol. The van der Waals surface area contributed by atoms with E-state index in [2.05, 4.69) is 5.32 Å². The molecule has 0 radical (unpaired) electrons. The smallest absolute Gasteiger partial charge is 0.408 e. The predicted molar refractivity (Wildman–Crippen MR) is 71.8 cm³/mol. The molecule has 0 spiro atoms. The fourth-order valence-electron chi connectivity index (χ4n) is 2.11. The van der Waals surface area contributed by atoms with Gasteiger partial charge in [-0.2, -0.15) is 0 Å². The van der Waals surface area contributed by atoms with Crippen LogP contribution in [0.5, 0.6) is 0 Å². The van der Waals surface area contributed by atoms with Gasteiger partial charge in [0, 0.05) is 6.42 Å². The van der Waals surface area contributed by atoms with Gasteiger partial charge in [0.05, 0.1) is 6.04 Å². The first-order valence-corrected chi connectivity index (χ1v) is 7.01. The minimum absolute atomic E-state index is 0.140. The van der Waals surface area contributed by atoms with Crippen molar-refractivity contribution in [2.24, 2.45) is 0 Å². The number of nitrogens with one attached hydrogen (secondary N) is 1. The molecule has 0 aliphatic heterocycles. The van der Waals surface area contributed by atoms with Crippen LogP contribution in [0.2, 0.25) is 0 Å². The van der Waals surface area contributed by atoms with Crippen LogP contribution in [-0.2, 0) is 14.3 Å². The minimum Gasteiger partial charge on any atom is -0.460 e. The first-order valence-electron chi connectivity index (χ1n) is 7.01. The van der Waals surface area contributed by atoms with Crippen LogP contribution in [0.3, 0.4) is 0 Å². The van der Waals surface area contributed by atoms with E-state index in [1.165, 1.54) is 0 Å². The third-order valence-electron chi connectivity index (χ3n) is 2.98. The van der Waals surface area contributed by atoms with E-state index in [9.17, 15) is 9.59 Å². The number of hydrogen-bond donors (Lipinski definition) is 1. The van der Waals surface area contributed by atoms with Crippen molar-refractivity contribution in [1.82, 2.24) is 5.32 Å². The summed E-state index contributed by atoms with van der Waals surface area (Å²) in [6.45, 7) is 7.23. The molecule has 0 aromatic heterocycles. The molecule has 0 aromatic carbocycles. The first-order chi connectivity index (χ1) is 8.81. The molecule has 0 saturated heterocycles. The molecule has 2 atom stereocenters. The van der Waals surface area contributed by atoms with Crippen LogP contribution in [0.25, 0.3) is 0 Å². The van der Waals surface area contributed by atoms with Crippen molar-refractivity contribution < 1.29 is 19.1 Å². The number of rotatable bonds is 3. The fraction of sp³-hybridized carbons (Fsp3) is 0.857. The summed E-state index contributed by atoms with van der Waals surface area (Å²) in [4.78, 5) is 23.1. The highest BCUT2D eigenvalue weighted by Crippen LogP contribution is 2.22. The Hall–Kier alpha value is -1.26. The van der Waals surface area contributed by atoms with Crippen molar-refractivity contribution in [2.45, 2.75) is 77.5 Å². The Labute approximate surface area is 115 Å². The lowest BCUT2D eigenvalue weighted by molar-refractivity contribution is -0.151. The molecule has 1 aliphatic rings. The van der Waals surface area contributed by atoms with Crippen LogP contribution < -0.4 is 5.32 Å². The SMILES string of the molecule is CCC(=O)OC1CCCC[C@H]1NC(=O)OC(C)(C)C. The number of alkyl carbamates (subject to hydrolysis) is 1. The lowest BCUT2D eigenvalue weighted by Crippen LogP contribution is -2.48. The van der Waals surface area contributed by atoms with Crippen LogP contribution >= 0.6 is 0 Å². The summed E-state index contributed by atoms with van der Waals surface area (Å²) in [6.07, 6.45) is 3.35. The maximum absolute atomic E-state index is 11.8. The van der Waals surface area contributed by atoms with Crippen molar-refractivity contribution in [2.75, 3.05) is 0 Å². The van der Waals surface area contributed by atoms with Gasteiger partial charge in [-0.1, -0.05) is 13.3 Å². The lowest BCUT2D eigenvalue weighted by atomic mass is 9.92. The van der Waals surface area contributed by atoms with E-state index in [1.54, 1.807) is 6.92 Å². The number of amides is 1. The molecule has 1 N–H and O–H groups in total. The first kappa shape index (κ1) is 15.8. The van der Waals surface area contributed by atoms with Gasteiger partial charge >= 0.3 is 12.1 Å². The van der Waals surface area contributed by atoms with Gasteiger partial charge in [0.2, 0.25) is 0 Å². The second-order valence-electron chi connectivity index (χ2n) is 5.92. The summed E-state index contributed by atoms with van der Waals surface area (Å²) >= 11 is 0. The molecule has 1 unspecified atom stereocenters. The second kappa shape index (κ2) is 6.78. The molecule has 0 bridgehead atoms. The number of hydrogen-bond acceptors (Lipinski definition) is 4. The van der Waals surface area contributed by atoms with Crippen molar-refractivity contribution >= 4 is 12.1 Å². The van der Waals surface area contributed by atoms with Crippen LogP contribution in [0.4, 0.5) is 4.79 Å². The Morgan fingerprint density at radius 3 is 2.42 bits per heavy atom. The maximum atomic E-state index is 11.8. The van der Waals surface area contributed by atoms with Gasteiger partial charge in [0.25, 0.3) is 0 Å². The Morgan fingerprint density at radius 1 is 1.21 bits per heavy atom. The Kier molecular flexibility index (Phi) is 5.63. The quantitative estimate of drug-likeness (QED) is 0.802. The summed E-state index contributed by atoms with van der Waals surface area (Å²) in [5.74, 6) is -0.220. The van der Waals surface area contributed by atoms with Gasteiger partial charge < -0.3 is 14.8 Å². The summed E-state index contributed by atoms with van der Waals surface area (Å²) < 4.78 is 10.6. The van der Waals surface area contributed by atoms with Crippen molar-refractivity contribution in [3.63, 3.8) is 0 Å². The standard InChI is InChI=1S/C14H25NO4/c1-5-12(16)18-11-9-7-6-8-10(11)15-13(17)19-14(2,3)4/h10-11H,5-9H2,1-4H3,(H,15,17)/t10-,11?/m1/s1. The molecule has 5 nitrogen and oxygen atoms in total.